The lowest BCUT2D eigenvalue weighted by molar-refractivity contribution is 0.565. The van der Waals surface area contributed by atoms with E-state index < -0.39 is 10.0 Å². The Balaban J connectivity index is 2.11. The first kappa shape index (κ1) is 14.8. The van der Waals surface area contributed by atoms with E-state index >= 15 is 0 Å². The van der Waals surface area contributed by atoms with Crippen molar-refractivity contribution in [2.45, 2.75) is 25.6 Å². The molecule has 0 amide bonds. The summed E-state index contributed by atoms with van der Waals surface area (Å²) < 4.78 is 27.1. The van der Waals surface area contributed by atoms with Gasteiger partial charge in [0.1, 0.15) is 0 Å². The van der Waals surface area contributed by atoms with Gasteiger partial charge in [0.25, 0.3) is 0 Å². The summed E-state index contributed by atoms with van der Waals surface area (Å²) in [5, 5.41) is 0. The van der Waals surface area contributed by atoms with Gasteiger partial charge < -0.3 is 0 Å². The average Bonchev–Trinajstić information content (AvgIpc) is 2.39. The number of benzene rings is 2. The summed E-state index contributed by atoms with van der Waals surface area (Å²) in [6.07, 6.45) is 0. The zero-order valence-electron chi connectivity index (χ0n) is 11.7. The van der Waals surface area contributed by atoms with Gasteiger partial charge >= 0.3 is 0 Å². The van der Waals surface area contributed by atoms with Crippen LogP contribution in [0, 0.1) is 6.92 Å². The van der Waals surface area contributed by atoms with Crippen LogP contribution in [0.4, 0.5) is 0 Å². The van der Waals surface area contributed by atoms with Gasteiger partial charge in [0.15, 0.2) is 0 Å². The fourth-order valence-corrected chi connectivity index (χ4v) is 3.62. The maximum Gasteiger partial charge on any atom is 0.216 e. The van der Waals surface area contributed by atoms with Gasteiger partial charge in [-0.05, 0) is 30.5 Å². The van der Waals surface area contributed by atoms with Gasteiger partial charge in [0, 0.05) is 6.04 Å². The molecule has 0 bridgehead atoms. The Kier molecular flexibility index (Phi) is 4.57. The van der Waals surface area contributed by atoms with Crippen molar-refractivity contribution >= 4 is 10.0 Å². The van der Waals surface area contributed by atoms with E-state index in [1.807, 2.05) is 68.4 Å². The standard InChI is InChI=1S/C16H19NO2S/c1-13-8-6-7-11-16(13)14(2)17-20(18,19)12-15-9-4-3-5-10-15/h3-11,14,17H,12H2,1-2H3/t14-/m1/s1. The minimum atomic E-state index is -3.35. The average molecular weight is 289 g/mol. The van der Waals surface area contributed by atoms with E-state index in [0.29, 0.717) is 0 Å². The predicted octanol–water partition coefficient (Wildman–Crippen LogP) is 3.18. The molecule has 0 aromatic heterocycles. The third-order valence-corrected chi connectivity index (χ3v) is 4.64. The van der Waals surface area contributed by atoms with Gasteiger partial charge in [-0.25, -0.2) is 13.1 Å². The van der Waals surface area contributed by atoms with Gasteiger partial charge in [-0.1, -0.05) is 54.6 Å². The van der Waals surface area contributed by atoms with Crippen LogP contribution in [0.1, 0.15) is 29.7 Å². The lowest BCUT2D eigenvalue weighted by Gasteiger charge is -2.16. The molecule has 0 unspecified atom stereocenters. The SMILES string of the molecule is Cc1ccccc1[C@@H](C)NS(=O)(=O)Cc1ccccc1. The number of aryl methyl sites for hydroxylation is 1. The van der Waals surface area contributed by atoms with Crippen LogP contribution in [0.3, 0.4) is 0 Å². The molecule has 0 aliphatic heterocycles. The van der Waals surface area contributed by atoms with Crippen molar-refractivity contribution in [3.05, 3.63) is 71.3 Å². The molecule has 3 nitrogen and oxygen atoms in total. The van der Waals surface area contributed by atoms with Gasteiger partial charge in [0.2, 0.25) is 10.0 Å². The molecule has 0 saturated carbocycles. The summed E-state index contributed by atoms with van der Waals surface area (Å²) in [7, 11) is -3.35. The van der Waals surface area contributed by atoms with Crippen LogP contribution < -0.4 is 4.72 Å². The molecule has 1 N–H and O–H groups in total. The Morgan fingerprint density at radius 1 is 1.00 bits per heavy atom. The Labute approximate surface area is 120 Å². The lowest BCUT2D eigenvalue weighted by atomic mass is 10.0. The number of hydrogen-bond acceptors (Lipinski definition) is 2. The van der Waals surface area contributed by atoms with E-state index in [2.05, 4.69) is 4.72 Å². The maximum atomic E-state index is 12.2. The Morgan fingerprint density at radius 3 is 2.25 bits per heavy atom. The highest BCUT2D eigenvalue weighted by Gasteiger charge is 2.17. The van der Waals surface area contributed by atoms with Crippen molar-refractivity contribution in [2.24, 2.45) is 0 Å². The van der Waals surface area contributed by atoms with Gasteiger partial charge in [-0.2, -0.15) is 0 Å². The van der Waals surface area contributed by atoms with Crippen LogP contribution in [0.2, 0.25) is 0 Å². The smallest absolute Gasteiger partial charge is 0.212 e. The first-order valence-electron chi connectivity index (χ1n) is 6.57. The van der Waals surface area contributed by atoms with E-state index in [1.165, 1.54) is 0 Å². The number of rotatable bonds is 5. The van der Waals surface area contributed by atoms with E-state index in [0.717, 1.165) is 16.7 Å². The van der Waals surface area contributed by atoms with E-state index in [9.17, 15) is 8.42 Å². The fraction of sp³-hybridized carbons (Fsp3) is 0.250. The molecule has 2 aromatic carbocycles. The Hall–Kier alpha value is -1.65. The Bertz CT molecular complexity index is 666. The van der Waals surface area contributed by atoms with Gasteiger partial charge in [0.05, 0.1) is 5.75 Å². The summed E-state index contributed by atoms with van der Waals surface area (Å²) in [5.74, 6) is 0.00403. The predicted molar refractivity (Wildman–Crippen MR) is 81.8 cm³/mol. The van der Waals surface area contributed by atoms with Crippen molar-refractivity contribution in [1.29, 1.82) is 0 Å². The summed E-state index contributed by atoms with van der Waals surface area (Å²) in [6.45, 7) is 3.85. The van der Waals surface area contributed by atoms with Crippen LogP contribution in [0.15, 0.2) is 54.6 Å². The van der Waals surface area contributed by atoms with Crippen LogP contribution >= 0.6 is 0 Å². The normalized spacial score (nSPS) is 13.1. The minimum absolute atomic E-state index is 0.00403. The molecule has 0 aliphatic rings. The zero-order chi connectivity index (χ0) is 14.6. The molecule has 4 heteroatoms. The van der Waals surface area contributed by atoms with Crippen LogP contribution in [0.5, 0.6) is 0 Å². The second kappa shape index (κ2) is 6.20. The molecule has 0 spiro atoms. The monoisotopic (exact) mass is 289 g/mol. The summed E-state index contributed by atoms with van der Waals surface area (Å²) in [4.78, 5) is 0. The largest absolute Gasteiger partial charge is 0.216 e. The molecule has 0 aliphatic carbocycles. The van der Waals surface area contributed by atoms with Crippen molar-refractivity contribution < 1.29 is 8.42 Å². The quantitative estimate of drug-likeness (QED) is 0.919. The molecule has 0 fully saturated rings. The van der Waals surface area contributed by atoms with E-state index in [-0.39, 0.29) is 11.8 Å². The van der Waals surface area contributed by atoms with Crippen LogP contribution in [-0.4, -0.2) is 8.42 Å². The number of hydrogen-bond donors (Lipinski definition) is 1. The molecular weight excluding hydrogens is 270 g/mol. The van der Waals surface area contributed by atoms with Crippen molar-refractivity contribution in [3.8, 4) is 0 Å². The summed E-state index contributed by atoms with van der Waals surface area (Å²) >= 11 is 0. The van der Waals surface area contributed by atoms with E-state index in [4.69, 9.17) is 0 Å². The highest BCUT2D eigenvalue weighted by Crippen LogP contribution is 2.18. The number of sulfonamides is 1. The minimum Gasteiger partial charge on any atom is -0.212 e. The molecule has 0 saturated heterocycles. The first-order valence-corrected chi connectivity index (χ1v) is 8.22. The third kappa shape index (κ3) is 3.92. The molecule has 2 aromatic rings. The second-order valence-electron chi connectivity index (χ2n) is 4.94. The number of nitrogens with one attached hydrogen (secondary N) is 1. The second-order valence-corrected chi connectivity index (χ2v) is 6.69. The summed E-state index contributed by atoms with van der Waals surface area (Å²) in [6, 6.07) is 16.8. The van der Waals surface area contributed by atoms with Gasteiger partial charge in [-0.3, -0.25) is 0 Å². The van der Waals surface area contributed by atoms with E-state index in [1.54, 1.807) is 0 Å². The Morgan fingerprint density at radius 2 is 1.60 bits per heavy atom. The maximum absolute atomic E-state index is 12.2. The van der Waals surface area contributed by atoms with Crippen molar-refractivity contribution in [3.63, 3.8) is 0 Å². The van der Waals surface area contributed by atoms with Gasteiger partial charge in [-0.15, -0.1) is 0 Å². The molecule has 106 valence electrons. The van der Waals surface area contributed by atoms with Crippen LogP contribution in [-0.2, 0) is 15.8 Å². The third-order valence-electron chi connectivity index (χ3n) is 3.21. The topological polar surface area (TPSA) is 46.2 Å². The lowest BCUT2D eigenvalue weighted by Crippen LogP contribution is -2.28. The molecule has 0 heterocycles. The van der Waals surface area contributed by atoms with Crippen molar-refractivity contribution in [2.75, 3.05) is 0 Å². The van der Waals surface area contributed by atoms with Crippen molar-refractivity contribution in [1.82, 2.24) is 4.72 Å². The highest BCUT2D eigenvalue weighted by atomic mass is 32.2. The molecule has 2 rings (SSSR count). The zero-order valence-corrected chi connectivity index (χ0v) is 12.5. The molecular formula is C16H19NO2S. The molecule has 0 radical (unpaired) electrons. The molecule has 1 atom stereocenters. The van der Waals surface area contributed by atoms with Crippen LogP contribution in [0.25, 0.3) is 0 Å². The fourth-order valence-electron chi connectivity index (χ4n) is 2.24. The highest BCUT2D eigenvalue weighted by molar-refractivity contribution is 7.88. The molecule has 20 heavy (non-hydrogen) atoms. The summed E-state index contributed by atoms with van der Waals surface area (Å²) in [5.41, 5.74) is 2.88. The first-order chi connectivity index (χ1) is 9.48.